The van der Waals surface area contributed by atoms with Crippen LogP contribution in [0.4, 0.5) is 0 Å². The lowest BCUT2D eigenvalue weighted by molar-refractivity contribution is 0.549. The van der Waals surface area contributed by atoms with Crippen molar-refractivity contribution in [1.29, 1.82) is 0 Å². The molecular formula is C17H23N3. The maximum absolute atomic E-state index is 5.71. The van der Waals surface area contributed by atoms with E-state index in [9.17, 15) is 0 Å². The Kier molecular flexibility index (Phi) is 4.53. The molecule has 3 heteroatoms. The van der Waals surface area contributed by atoms with Gasteiger partial charge in [-0.25, -0.2) is 0 Å². The van der Waals surface area contributed by atoms with Gasteiger partial charge in [0.25, 0.3) is 0 Å². The van der Waals surface area contributed by atoms with Crippen molar-refractivity contribution in [1.82, 2.24) is 10.4 Å². The molecule has 3 N–H and O–H groups in total. The largest absolute Gasteiger partial charge is 0.271 e. The lowest BCUT2D eigenvalue weighted by Crippen LogP contribution is -2.29. The Morgan fingerprint density at radius 3 is 2.15 bits per heavy atom. The normalized spacial score (nSPS) is 13.2. The summed E-state index contributed by atoms with van der Waals surface area (Å²) in [6.07, 6.45) is 4.48. The Morgan fingerprint density at radius 1 is 1.05 bits per heavy atom. The zero-order valence-corrected chi connectivity index (χ0v) is 12.4. The average Bonchev–Trinajstić information content (AvgIpc) is 2.45. The van der Waals surface area contributed by atoms with Crippen LogP contribution in [-0.4, -0.2) is 4.98 Å². The van der Waals surface area contributed by atoms with Crippen LogP contribution in [0.1, 0.15) is 43.5 Å². The molecule has 1 heterocycles. The minimum atomic E-state index is 0.117. The van der Waals surface area contributed by atoms with E-state index < -0.39 is 0 Å². The predicted octanol–water partition coefficient (Wildman–Crippen LogP) is 3.13. The summed E-state index contributed by atoms with van der Waals surface area (Å²) < 4.78 is 0. The summed E-state index contributed by atoms with van der Waals surface area (Å²) in [4.78, 5) is 4.04. The van der Waals surface area contributed by atoms with Crippen LogP contribution >= 0.6 is 0 Å². The zero-order chi connectivity index (χ0) is 14.6. The lowest BCUT2D eigenvalue weighted by Gasteiger charge is -2.21. The predicted molar refractivity (Wildman–Crippen MR) is 83.1 cm³/mol. The second-order valence-corrected chi connectivity index (χ2v) is 6.15. The summed E-state index contributed by atoms with van der Waals surface area (Å²) in [6.45, 7) is 6.66. The number of aromatic nitrogens is 1. The molecule has 1 aromatic carbocycles. The van der Waals surface area contributed by atoms with Crippen LogP contribution in [-0.2, 0) is 11.8 Å². The van der Waals surface area contributed by atoms with Gasteiger partial charge in [0.05, 0.1) is 0 Å². The summed E-state index contributed by atoms with van der Waals surface area (Å²) in [6, 6.07) is 12.9. The number of nitrogens with two attached hydrogens (primary N) is 1. The van der Waals surface area contributed by atoms with Crippen molar-refractivity contribution in [3.8, 4) is 0 Å². The van der Waals surface area contributed by atoms with E-state index in [0.29, 0.717) is 0 Å². The highest BCUT2D eigenvalue weighted by molar-refractivity contribution is 5.30. The van der Waals surface area contributed by atoms with Gasteiger partial charge in [-0.2, -0.15) is 0 Å². The Bertz CT molecular complexity index is 526. The molecule has 0 amide bonds. The zero-order valence-electron chi connectivity index (χ0n) is 12.4. The Balaban J connectivity index is 2.16. The molecule has 0 aliphatic rings. The number of nitrogens with zero attached hydrogens (tertiary/aromatic N) is 1. The second-order valence-electron chi connectivity index (χ2n) is 6.15. The van der Waals surface area contributed by atoms with E-state index in [-0.39, 0.29) is 11.5 Å². The van der Waals surface area contributed by atoms with Gasteiger partial charge in [-0.3, -0.25) is 16.3 Å². The Morgan fingerprint density at radius 2 is 1.65 bits per heavy atom. The monoisotopic (exact) mass is 269 g/mol. The van der Waals surface area contributed by atoms with Crippen molar-refractivity contribution in [2.45, 2.75) is 38.6 Å². The number of hydrogen-bond donors (Lipinski definition) is 2. The van der Waals surface area contributed by atoms with Crippen LogP contribution in [0.5, 0.6) is 0 Å². The van der Waals surface area contributed by atoms with E-state index in [1.807, 2.05) is 24.5 Å². The van der Waals surface area contributed by atoms with Crippen molar-refractivity contribution in [2.24, 2.45) is 5.84 Å². The van der Waals surface area contributed by atoms with E-state index in [2.05, 4.69) is 55.4 Å². The molecule has 0 radical (unpaired) electrons. The van der Waals surface area contributed by atoms with Gasteiger partial charge in [0.15, 0.2) is 0 Å². The Hall–Kier alpha value is -1.71. The first-order valence-corrected chi connectivity index (χ1v) is 6.96. The topological polar surface area (TPSA) is 50.9 Å². The van der Waals surface area contributed by atoms with Crippen LogP contribution in [0.15, 0.2) is 48.8 Å². The van der Waals surface area contributed by atoms with Crippen LogP contribution in [0.2, 0.25) is 0 Å². The minimum absolute atomic E-state index is 0.117. The summed E-state index contributed by atoms with van der Waals surface area (Å²) in [5.41, 5.74) is 6.85. The minimum Gasteiger partial charge on any atom is -0.271 e. The van der Waals surface area contributed by atoms with Crippen molar-refractivity contribution < 1.29 is 0 Å². The lowest BCUT2D eigenvalue weighted by atomic mass is 9.86. The SMILES string of the molecule is CC(C)(C)c1ccc(C(Cc2ccncc2)NN)cc1. The number of rotatable bonds is 4. The molecule has 0 saturated carbocycles. The molecule has 2 rings (SSSR count). The molecule has 0 fully saturated rings. The molecule has 0 aliphatic heterocycles. The molecule has 0 bridgehead atoms. The highest BCUT2D eigenvalue weighted by Gasteiger charge is 2.15. The quantitative estimate of drug-likeness (QED) is 0.662. The van der Waals surface area contributed by atoms with Crippen molar-refractivity contribution >= 4 is 0 Å². The molecule has 2 aromatic rings. The van der Waals surface area contributed by atoms with Gasteiger partial charge in [-0.05, 0) is 40.7 Å². The fourth-order valence-electron chi connectivity index (χ4n) is 2.24. The molecule has 3 nitrogen and oxygen atoms in total. The third-order valence-electron chi connectivity index (χ3n) is 3.57. The number of nitrogens with one attached hydrogen (secondary N) is 1. The van der Waals surface area contributed by atoms with E-state index >= 15 is 0 Å². The summed E-state index contributed by atoms with van der Waals surface area (Å²) in [7, 11) is 0. The van der Waals surface area contributed by atoms with Gasteiger partial charge < -0.3 is 0 Å². The van der Waals surface area contributed by atoms with Gasteiger partial charge in [0.1, 0.15) is 0 Å². The first-order valence-electron chi connectivity index (χ1n) is 6.96. The average molecular weight is 269 g/mol. The third kappa shape index (κ3) is 3.65. The molecule has 106 valence electrons. The molecular weight excluding hydrogens is 246 g/mol. The summed E-state index contributed by atoms with van der Waals surface area (Å²) >= 11 is 0. The standard InChI is InChI=1S/C17H23N3/c1-17(2,3)15-6-4-14(5-7-15)16(20-18)12-13-8-10-19-11-9-13/h4-11,16,20H,12,18H2,1-3H3. The molecule has 0 spiro atoms. The molecule has 1 aromatic heterocycles. The molecule has 0 saturated heterocycles. The molecule has 0 aliphatic carbocycles. The van der Waals surface area contributed by atoms with Gasteiger partial charge in [0.2, 0.25) is 0 Å². The van der Waals surface area contributed by atoms with Gasteiger partial charge in [0, 0.05) is 18.4 Å². The van der Waals surface area contributed by atoms with E-state index in [0.717, 1.165) is 6.42 Å². The van der Waals surface area contributed by atoms with Crippen molar-refractivity contribution in [2.75, 3.05) is 0 Å². The smallest absolute Gasteiger partial charge is 0.0500 e. The first kappa shape index (κ1) is 14.7. The van der Waals surface area contributed by atoms with Crippen molar-refractivity contribution in [3.63, 3.8) is 0 Å². The van der Waals surface area contributed by atoms with E-state index in [1.54, 1.807) is 0 Å². The molecule has 1 atom stereocenters. The number of hydrazine groups is 1. The van der Waals surface area contributed by atoms with Crippen LogP contribution in [0, 0.1) is 0 Å². The van der Waals surface area contributed by atoms with Crippen LogP contribution in [0.3, 0.4) is 0 Å². The maximum Gasteiger partial charge on any atom is 0.0500 e. The highest BCUT2D eigenvalue weighted by Crippen LogP contribution is 2.24. The fraction of sp³-hybridized carbons (Fsp3) is 0.353. The number of benzene rings is 1. The van der Waals surface area contributed by atoms with E-state index in [1.165, 1.54) is 16.7 Å². The second kappa shape index (κ2) is 6.16. The third-order valence-corrected chi connectivity index (χ3v) is 3.57. The van der Waals surface area contributed by atoms with Gasteiger partial charge >= 0.3 is 0 Å². The highest BCUT2D eigenvalue weighted by atomic mass is 15.2. The van der Waals surface area contributed by atoms with Gasteiger partial charge in [-0.15, -0.1) is 0 Å². The summed E-state index contributed by atoms with van der Waals surface area (Å²) in [5, 5.41) is 0. The van der Waals surface area contributed by atoms with Crippen molar-refractivity contribution in [3.05, 3.63) is 65.5 Å². The van der Waals surface area contributed by atoms with Crippen LogP contribution in [0.25, 0.3) is 0 Å². The van der Waals surface area contributed by atoms with Crippen LogP contribution < -0.4 is 11.3 Å². The Labute approximate surface area is 121 Å². The maximum atomic E-state index is 5.71. The molecule has 1 unspecified atom stereocenters. The summed E-state index contributed by atoms with van der Waals surface area (Å²) in [5.74, 6) is 5.71. The fourth-order valence-corrected chi connectivity index (χ4v) is 2.24. The van der Waals surface area contributed by atoms with E-state index in [4.69, 9.17) is 5.84 Å². The van der Waals surface area contributed by atoms with Gasteiger partial charge in [-0.1, -0.05) is 45.0 Å². The first-order chi connectivity index (χ1) is 9.50. The number of hydrogen-bond acceptors (Lipinski definition) is 3. The molecule has 20 heavy (non-hydrogen) atoms. The number of pyridine rings is 1.